The van der Waals surface area contributed by atoms with Crippen molar-refractivity contribution in [3.05, 3.63) is 89.5 Å². The van der Waals surface area contributed by atoms with Crippen LogP contribution in [0.3, 0.4) is 0 Å². The van der Waals surface area contributed by atoms with E-state index < -0.39 is 6.10 Å². The number of unbranched alkanes of at least 4 members (excludes halogenated alkanes) is 4. The van der Waals surface area contributed by atoms with Crippen LogP contribution >= 0.6 is 0 Å². The molecular weight excluding hydrogens is 526 g/mol. The summed E-state index contributed by atoms with van der Waals surface area (Å²) < 4.78 is 11.5. The molecule has 3 aromatic carbocycles. The van der Waals surface area contributed by atoms with Crippen molar-refractivity contribution in [2.45, 2.75) is 76.7 Å². The molecule has 0 spiro atoms. The molecule has 1 unspecified atom stereocenters. The maximum atomic E-state index is 12.5. The van der Waals surface area contributed by atoms with Gasteiger partial charge in [0.1, 0.15) is 5.78 Å². The number of ether oxygens (including phenoxy) is 2. The molecule has 3 aromatic rings. The zero-order valence-electron chi connectivity index (χ0n) is 25.2. The number of nitrogens with two attached hydrogens (primary N) is 1. The van der Waals surface area contributed by atoms with E-state index in [1.807, 2.05) is 48.5 Å². The van der Waals surface area contributed by atoms with Crippen molar-refractivity contribution in [2.75, 3.05) is 26.1 Å². The summed E-state index contributed by atoms with van der Waals surface area (Å²) in [6.45, 7) is 0.547. The Labute approximate surface area is 251 Å². The quantitative estimate of drug-likeness (QED) is 0.0858. The number of ketones is 1. The van der Waals surface area contributed by atoms with E-state index >= 15 is 0 Å². The monoisotopic (exact) mass is 573 g/mol. The third kappa shape index (κ3) is 12.4. The smallest absolute Gasteiger partial charge is 0.192 e. The molecule has 7 nitrogen and oxygen atoms in total. The zero-order valence-corrected chi connectivity index (χ0v) is 25.2. The minimum absolute atomic E-state index is 0.0912. The van der Waals surface area contributed by atoms with Gasteiger partial charge >= 0.3 is 0 Å². The summed E-state index contributed by atoms with van der Waals surface area (Å²) in [4.78, 5) is 16.5. The lowest BCUT2D eigenvalue weighted by Crippen LogP contribution is -2.21. The van der Waals surface area contributed by atoms with Crippen LogP contribution in [-0.4, -0.2) is 43.7 Å². The normalized spacial score (nSPS) is 12.1. The van der Waals surface area contributed by atoms with Crippen molar-refractivity contribution >= 4 is 17.4 Å². The fraction of sp³-hybridized carbons (Fsp3) is 0.429. The molecule has 0 aliphatic rings. The Morgan fingerprint density at radius 3 is 2.38 bits per heavy atom. The second-order valence-electron chi connectivity index (χ2n) is 10.7. The third-order valence-electron chi connectivity index (χ3n) is 7.32. The number of guanidine groups is 1. The molecule has 0 amide bonds. The van der Waals surface area contributed by atoms with E-state index in [0.717, 1.165) is 56.2 Å². The van der Waals surface area contributed by atoms with Crippen LogP contribution in [0, 0.1) is 0 Å². The molecule has 0 saturated heterocycles. The number of Topliss-reactive ketones (excluding diaryl/α,β-unsaturated/α-hetero) is 1. The van der Waals surface area contributed by atoms with Crippen LogP contribution in [-0.2, 0) is 24.1 Å². The average Bonchev–Trinajstić information content (AvgIpc) is 3.00. The van der Waals surface area contributed by atoms with E-state index in [9.17, 15) is 9.90 Å². The van der Waals surface area contributed by atoms with Crippen molar-refractivity contribution < 1.29 is 19.4 Å². The van der Waals surface area contributed by atoms with Gasteiger partial charge in [0.2, 0.25) is 0 Å². The van der Waals surface area contributed by atoms with Crippen molar-refractivity contribution in [2.24, 2.45) is 10.7 Å². The molecule has 0 aliphatic carbocycles. The number of rotatable bonds is 19. The fourth-order valence-electron chi connectivity index (χ4n) is 4.91. The van der Waals surface area contributed by atoms with Gasteiger partial charge in [-0.15, -0.1) is 0 Å². The molecule has 0 radical (unpaired) electrons. The van der Waals surface area contributed by atoms with Crippen molar-refractivity contribution in [1.82, 2.24) is 0 Å². The summed E-state index contributed by atoms with van der Waals surface area (Å²) >= 11 is 0. The molecule has 0 heterocycles. The Morgan fingerprint density at radius 1 is 0.857 bits per heavy atom. The minimum atomic E-state index is -0.570. The summed E-state index contributed by atoms with van der Waals surface area (Å²) in [7, 11) is 3.29. The van der Waals surface area contributed by atoms with E-state index in [1.165, 1.54) is 11.1 Å². The molecule has 226 valence electrons. The first-order chi connectivity index (χ1) is 20.5. The number of nitrogens with one attached hydrogen (secondary N) is 1. The average molecular weight is 574 g/mol. The molecule has 0 saturated carbocycles. The van der Waals surface area contributed by atoms with E-state index in [-0.39, 0.29) is 12.2 Å². The Balaban J connectivity index is 1.28. The topological polar surface area (TPSA) is 106 Å². The Hall–Kier alpha value is -3.84. The van der Waals surface area contributed by atoms with Crippen LogP contribution in [0.4, 0.5) is 5.69 Å². The van der Waals surface area contributed by atoms with Gasteiger partial charge in [0.15, 0.2) is 17.5 Å². The van der Waals surface area contributed by atoms with E-state index in [0.29, 0.717) is 43.3 Å². The number of aliphatic hydroxyl groups excluding tert-OH is 1. The van der Waals surface area contributed by atoms with E-state index in [1.54, 1.807) is 14.2 Å². The molecule has 0 aromatic heterocycles. The molecule has 0 fully saturated rings. The number of hydrogen-bond acceptors (Lipinski definition) is 5. The van der Waals surface area contributed by atoms with Crippen LogP contribution < -0.4 is 20.5 Å². The number of carbonyl (C=O) groups is 1. The van der Waals surface area contributed by atoms with Crippen molar-refractivity contribution in [1.29, 1.82) is 0 Å². The lowest BCUT2D eigenvalue weighted by Gasteiger charge is -2.13. The second-order valence-corrected chi connectivity index (χ2v) is 10.7. The van der Waals surface area contributed by atoms with Crippen molar-refractivity contribution in [3.8, 4) is 11.5 Å². The van der Waals surface area contributed by atoms with Gasteiger partial charge in [-0.05, 0) is 66.6 Å². The van der Waals surface area contributed by atoms with Gasteiger partial charge in [-0.2, -0.15) is 0 Å². The van der Waals surface area contributed by atoms with Gasteiger partial charge in [-0.3, -0.25) is 9.79 Å². The first kappa shape index (κ1) is 32.7. The summed E-state index contributed by atoms with van der Waals surface area (Å²) in [5.41, 5.74) is 10.2. The summed E-state index contributed by atoms with van der Waals surface area (Å²) in [6, 6.07) is 24.3. The highest BCUT2D eigenvalue weighted by molar-refractivity contribution is 5.92. The van der Waals surface area contributed by atoms with Gasteiger partial charge in [0.25, 0.3) is 0 Å². The fourth-order valence-corrected chi connectivity index (χ4v) is 4.91. The van der Waals surface area contributed by atoms with E-state index in [4.69, 9.17) is 15.2 Å². The molecule has 1 atom stereocenters. The summed E-state index contributed by atoms with van der Waals surface area (Å²) in [5, 5.41) is 13.5. The molecule has 42 heavy (non-hydrogen) atoms. The molecule has 7 heteroatoms. The first-order valence-corrected chi connectivity index (χ1v) is 15.1. The Kier molecular flexibility index (Phi) is 14.4. The number of aliphatic hydroxyl groups is 1. The molecule has 0 aliphatic heterocycles. The van der Waals surface area contributed by atoms with Crippen molar-refractivity contribution in [3.63, 3.8) is 0 Å². The summed E-state index contributed by atoms with van der Waals surface area (Å²) in [5.74, 6) is 1.87. The molecule has 4 N–H and O–H groups in total. The Morgan fingerprint density at radius 2 is 1.60 bits per heavy atom. The van der Waals surface area contributed by atoms with Gasteiger partial charge in [0, 0.05) is 32.0 Å². The van der Waals surface area contributed by atoms with Crippen LogP contribution in [0.5, 0.6) is 11.5 Å². The minimum Gasteiger partial charge on any atom is -0.493 e. The SMILES string of the molecule is CN=C(N)Nc1cccc(CCCCCCCC(O)CC(=O)CCc2ccc(OC)c(OCCc3ccccc3)c2)c1. The molecule has 3 rings (SSSR count). The highest BCUT2D eigenvalue weighted by Crippen LogP contribution is 2.29. The number of methoxy groups -OCH3 is 1. The molecule has 0 bridgehead atoms. The van der Waals surface area contributed by atoms with E-state index in [2.05, 4.69) is 34.6 Å². The lowest BCUT2D eigenvalue weighted by atomic mass is 10.00. The first-order valence-electron chi connectivity index (χ1n) is 15.1. The predicted octanol–water partition coefficient (Wildman–Crippen LogP) is 6.51. The number of carbonyl (C=O) groups excluding carboxylic acids is 1. The van der Waals surface area contributed by atoms with Gasteiger partial charge < -0.3 is 25.6 Å². The number of aryl methyl sites for hydroxylation is 2. The Bertz CT molecular complexity index is 1250. The summed E-state index contributed by atoms with van der Waals surface area (Å²) in [6.07, 6.45) is 8.55. The zero-order chi connectivity index (χ0) is 30.0. The third-order valence-corrected chi connectivity index (χ3v) is 7.32. The number of benzene rings is 3. The number of nitrogens with zero attached hydrogens (tertiary/aromatic N) is 1. The van der Waals surface area contributed by atoms with Crippen LogP contribution in [0.2, 0.25) is 0 Å². The number of anilines is 1. The number of aliphatic imine (C=N–C) groups is 1. The second kappa shape index (κ2) is 18.6. The highest BCUT2D eigenvalue weighted by Gasteiger charge is 2.12. The van der Waals surface area contributed by atoms with Gasteiger partial charge in [-0.25, -0.2) is 0 Å². The maximum Gasteiger partial charge on any atom is 0.192 e. The van der Waals surface area contributed by atoms with Crippen LogP contribution in [0.1, 0.15) is 68.1 Å². The lowest BCUT2D eigenvalue weighted by molar-refractivity contribution is -0.121. The molecular formula is C35H47N3O4. The number of hydrogen-bond donors (Lipinski definition) is 3. The van der Waals surface area contributed by atoms with Crippen LogP contribution in [0.25, 0.3) is 0 Å². The van der Waals surface area contributed by atoms with Gasteiger partial charge in [0.05, 0.1) is 19.8 Å². The predicted molar refractivity (Wildman–Crippen MR) is 172 cm³/mol. The van der Waals surface area contributed by atoms with Gasteiger partial charge in [-0.1, -0.05) is 74.2 Å². The highest BCUT2D eigenvalue weighted by atomic mass is 16.5. The maximum absolute atomic E-state index is 12.5. The van der Waals surface area contributed by atoms with Crippen LogP contribution in [0.15, 0.2) is 77.8 Å². The standard InChI is InChI=1S/C35H47N3O4/c1-37-35(36)38-30-16-11-15-28(24-30)14-7-4-3-5-10-17-31(39)26-32(40)20-18-29-19-21-33(41-2)34(25-29)42-23-22-27-12-8-6-9-13-27/h6,8-9,11-13,15-16,19,21,24-25,31,39H,3-5,7,10,14,17-18,20,22-23,26H2,1-2H3,(H3,36,37,38). The largest absolute Gasteiger partial charge is 0.493 e.